The van der Waals surface area contributed by atoms with E-state index < -0.39 is 0 Å². The average Bonchev–Trinajstić information content (AvgIpc) is 2.72. The van der Waals surface area contributed by atoms with Crippen molar-refractivity contribution in [3.8, 4) is 0 Å². The van der Waals surface area contributed by atoms with Gasteiger partial charge < -0.3 is 5.32 Å². The van der Waals surface area contributed by atoms with E-state index in [9.17, 15) is 4.79 Å². The summed E-state index contributed by atoms with van der Waals surface area (Å²) in [5, 5.41) is 11.1. The Morgan fingerprint density at radius 2 is 2.24 bits per heavy atom. The summed E-state index contributed by atoms with van der Waals surface area (Å²) in [7, 11) is 1.65. The lowest BCUT2D eigenvalue weighted by Gasteiger charge is -2.07. The highest BCUT2D eigenvalue weighted by molar-refractivity contribution is 6.31. The van der Waals surface area contributed by atoms with Crippen molar-refractivity contribution in [2.75, 3.05) is 5.32 Å². The number of benzene rings is 1. The van der Waals surface area contributed by atoms with E-state index in [4.69, 9.17) is 11.6 Å². The summed E-state index contributed by atoms with van der Waals surface area (Å²) >= 11 is 5.96. The molecule has 0 aliphatic carbocycles. The van der Waals surface area contributed by atoms with Crippen LogP contribution in [0.1, 0.15) is 16.1 Å². The minimum Gasteiger partial charge on any atom is -0.320 e. The molecule has 0 aliphatic rings. The molecular formula is C11H11ClN4O. The fourth-order valence-corrected chi connectivity index (χ4v) is 1.55. The maximum Gasteiger partial charge on any atom is 0.277 e. The van der Waals surface area contributed by atoms with Gasteiger partial charge in [-0.1, -0.05) is 17.7 Å². The van der Waals surface area contributed by atoms with Crippen molar-refractivity contribution in [1.82, 2.24) is 15.0 Å². The molecule has 0 aliphatic heterocycles. The van der Waals surface area contributed by atoms with Crippen LogP contribution >= 0.6 is 11.6 Å². The minimum absolute atomic E-state index is 0.270. The number of aromatic nitrogens is 3. The molecule has 17 heavy (non-hydrogen) atoms. The second-order valence-corrected chi connectivity index (χ2v) is 3.99. The van der Waals surface area contributed by atoms with E-state index in [2.05, 4.69) is 15.5 Å². The molecule has 2 rings (SSSR count). The van der Waals surface area contributed by atoms with Gasteiger partial charge in [-0.2, -0.15) is 9.90 Å². The molecule has 0 fully saturated rings. The number of carbonyl (C=O) groups is 1. The van der Waals surface area contributed by atoms with Gasteiger partial charge in [-0.15, -0.1) is 5.10 Å². The lowest BCUT2D eigenvalue weighted by molar-refractivity contribution is 0.102. The molecule has 5 nitrogen and oxygen atoms in total. The molecule has 0 spiro atoms. The number of nitrogens with zero attached hydrogens (tertiary/aromatic N) is 3. The first kappa shape index (κ1) is 11.6. The van der Waals surface area contributed by atoms with Crippen LogP contribution in [0, 0.1) is 6.92 Å². The first-order valence-electron chi connectivity index (χ1n) is 5.00. The van der Waals surface area contributed by atoms with Gasteiger partial charge in [-0.05, 0) is 24.6 Å². The molecule has 0 atom stereocenters. The van der Waals surface area contributed by atoms with E-state index in [0.29, 0.717) is 10.7 Å². The predicted molar refractivity (Wildman–Crippen MR) is 65.1 cm³/mol. The lowest BCUT2D eigenvalue weighted by Crippen LogP contribution is -2.13. The molecule has 88 valence electrons. The Morgan fingerprint density at radius 1 is 1.47 bits per heavy atom. The van der Waals surface area contributed by atoms with Crippen molar-refractivity contribution in [2.45, 2.75) is 6.92 Å². The smallest absolute Gasteiger partial charge is 0.277 e. The molecule has 0 saturated carbocycles. The van der Waals surface area contributed by atoms with Crippen molar-refractivity contribution < 1.29 is 4.79 Å². The summed E-state index contributed by atoms with van der Waals surface area (Å²) in [6.07, 6.45) is 1.41. The summed E-state index contributed by atoms with van der Waals surface area (Å²) < 4.78 is 0. The SMILES string of the molecule is Cc1c(Cl)cccc1NC(=O)c1cnn(C)n1. The summed E-state index contributed by atoms with van der Waals surface area (Å²) in [6.45, 7) is 1.84. The first-order valence-corrected chi connectivity index (χ1v) is 5.38. The molecule has 1 aromatic heterocycles. The Balaban J connectivity index is 2.21. The number of hydrogen-bond donors (Lipinski definition) is 1. The molecule has 0 radical (unpaired) electrons. The van der Waals surface area contributed by atoms with E-state index in [1.54, 1.807) is 25.2 Å². The lowest BCUT2D eigenvalue weighted by atomic mass is 10.2. The fourth-order valence-electron chi connectivity index (χ4n) is 1.38. The van der Waals surface area contributed by atoms with Gasteiger partial charge in [0.25, 0.3) is 5.91 Å². The highest BCUT2D eigenvalue weighted by Gasteiger charge is 2.11. The summed E-state index contributed by atoms with van der Waals surface area (Å²) in [5.41, 5.74) is 1.77. The third-order valence-corrected chi connectivity index (χ3v) is 2.76. The standard InChI is InChI=1S/C11H11ClN4O/c1-7-8(12)4-3-5-9(7)14-11(17)10-6-13-16(2)15-10/h3-6H,1-2H3,(H,14,17). The third kappa shape index (κ3) is 2.45. The molecule has 0 saturated heterocycles. The van der Waals surface area contributed by atoms with Gasteiger partial charge in [0.15, 0.2) is 5.69 Å². The zero-order valence-electron chi connectivity index (χ0n) is 9.44. The monoisotopic (exact) mass is 250 g/mol. The van der Waals surface area contributed by atoms with Crippen LogP contribution in [0.2, 0.25) is 5.02 Å². The molecule has 0 unspecified atom stereocenters. The zero-order chi connectivity index (χ0) is 12.4. The molecule has 0 bridgehead atoms. The van der Waals surface area contributed by atoms with E-state index in [1.807, 2.05) is 6.92 Å². The van der Waals surface area contributed by atoms with Crippen molar-refractivity contribution in [1.29, 1.82) is 0 Å². The molecule has 1 heterocycles. The zero-order valence-corrected chi connectivity index (χ0v) is 10.2. The largest absolute Gasteiger partial charge is 0.320 e. The normalized spacial score (nSPS) is 10.3. The molecule has 1 amide bonds. The Hall–Kier alpha value is -1.88. The van der Waals surface area contributed by atoms with E-state index in [1.165, 1.54) is 11.0 Å². The summed E-state index contributed by atoms with van der Waals surface area (Å²) in [6, 6.07) is 5.34. The number of amides is 1. The molecule has 1 N–H and O–H groups in total. The van der Waals surface area contributed by atoms with E-state index >= 15 is 0 Å². The van der Waals surface area contributed by atoms with E-state index in [0.717, 1.165) is 5.56 Å². The van der Waals surface area contributed by atoms with Gasteiger partial charge in [0.1, 0.15) is 0 Å². The van der Waals surface area contributed by atoms with Crippen LogP contribution in [0.25, 0.3) is 0 Å². The summed E-state index contributed by atoms with van der Waals surface area (Å²) in [5.74, 6) is -0.302. The van der Waals surface area contributed by atoms with Crippen LogP contribution in [-0.2, 0) is 7.05 Å². The fraction of sp³-hybridized carbons (Fsp3) is 0.182. The third-order valence-electron chi connectivity index (χ3n) is 2.35. The van der Waals surface area contributed by atoms with Crippen molar-refractivity contribution in [3.63, 3.8) is 0 Å². The van der Waals surface area contributed by atoms with Crippen LogP contribution in [0.5, 0.6) is 0 Å². The highest BCUT2D eigenvalue weighted by Crippen LogP contribution is 2.23. The van der Waals surface area contributed by atoms with Gasteiger partial charge in [-0.3, -0.25) is 4.79 Å². The van der Waals surface area contributed by atoms with Crippen LogP contribution in [0.15, 0.2) is 24.4 Å². The maximum absolute atomic E-state index is 11.8. The predicted octanol–water partition coefficient (Wildman–Crippen LogP) is 2.03. The number of hydrogen-bond acceptors (Lipinski definition) is 3. The van der Waals surface area contributed by atoms with Gasteiger partial charge >= 0.3 is 0 Å². The van der Waals surface area contributed by atoms with Crippen molar-refractivity contribution in [2.24, 2.45) is 7.05 Å². The number of halogens is 1. The van der Waals surface area contributed by atoms with Crippen LogP contribution < -0.4 is 5.32 Å². The van der Waals surface area contributed by atoms with Crippen LogP contribution in [0.3, 0.4) is 0 Å². The van der Waals surface area contributed by atoms with Crippen LogP contribution in [-0.4, -0.2) is 20.9 Å². The number of nitrogens with one attached hydrogen (secondary N) is 1. The second-order valence-electron chi connectivity index (χ2n) is 3.59. The maximum atomic E-state index is 11.8. The number of anilines is 1. The van der Waals surface area contributed by atoms with Crippen molar-refractivity contribution >= 4 is 23.2 Å². The average molecular weight is 251 g/mol. The topological polar surface area (TPSA) is 59.8 Å². The van der Waals surface area contributed by atoms with Crippen LogP contribution in [0.4, 0.5) is 5.69 Å². The molecule has 1 aromatic carbocycles. The number of rotatable bonds is 2. The Morgan fingerprint density at radius 3 is 2.88 bits per heavy atom. The molecule has 2 aromatic rings. The van der Waals surface area contributed by atoms with Crippen molar-refractivity contribution in [3.05, 3.63) is 40.7 Å². The van der Waals surface area contributed by atoms with Gasteiger partial charge in [0.2, 0.25) is 0 Å². The molecular weight excluding hydrogens is 240 g/mol. The van der Waals surface area contributed by atoms with E-state index in [-0.39, 0.29) is 11.6 Å². The number of aryl methyl sites for hydroxylation is 1. The molecule has 6 heteroatoms. The quantitative estimate of drug-likeness (QED) is 0.887. The van der Waals surface area contributed by atoms with Gasteiger partial charge in [0.05, 0.1) is 6.20 Å². The Bertz CT molecular complexity index is 564. The minimum atomic E-state index is -0.302. The van der Waals surface area contributed by atoms with Gasteiger partial charge in [0, 0.05) is 17.8 Å². The second kappa shape index (κ2) is 4.55. The van der Waals surface area contributed by atoms with Gasteiger partial charge in [-0.25, -0.2) is 0 Å². The highest BCUT2D eigenvalue weighted by atomic mass is 35.5. The number of carbonyl (C=O) groups excluding carboxylic acids is 1. The Kier molecular flexibility index (Phi) is 3.10. The Labute approximate surface area is 103 Å². The summed E-state index contributed by atoms with van der Waals surface area (Å²) in [4.78, 5) is 13.2. The first-order chi connectivity index (χ1) is 8.08.